The van der Waals surface area contributed by atoms with E-state index in [9.17, 15) is 9.59 Å². The second-order valence-corrected chi connectivity index (χ2v) is 10.7. The van der Waals surface area contributed by atoms with Crippen LogP contribution < -0.4 is 0 Å². The zero-order valence-electron chi connectivity index (χ0n) is 21.8. The smallest absolute Gasteiger partial charge is 0.328 e. The minimum atomic E-state index is -0.326. The van der Waals surface area contributed by atoms with Crippen LogP contribution in [0, 0.1) is 5.92 Å². The first kappa shape index (κ1) is 28.2. The van der Waals surface area contributed by atoms with Crippen LogP contribution in [0.25, 0.3) is 0 Å². The van der Waals surface area contributed by atoms with E-state index >= 15 is 0 Å². The third-order valence-electron chi connectivity index (χ3n) is 7.83. The molecule has 1 aliphatic carbocycles. The van der Waals surface area contributed by atoms with Gasteiger partial charge in [-0.2, -0.15) is 0 Å². The van der Waals surface area contributed by atoms with Crippen molar-refractivity contribution in [2.24, 2.45) is 5.92 Å². The topological polar surface area (TPSA) is 46.6 Å². The van der Waals surface area contributed by atoms with Crippen LogP contribution in [0.3, 0.4) is 0 Å². The fourth-order valence-corrected chi connectivity index (χ4v) is 5.65. The van der Waals surface area contributed by atoms with Crippen molar-refractivity contribution in [2.45, 2.75) is 154 Å². The number of amides is 1. The average Bonchev–Trinajstić information content (AvgIpc) is 3.52. The largest absolute Gasteiger partial charge is 0.464 e. The van der Waals surface area contributed by atoms with E-state index in [0.29, 0.717) is 13.0 Å². The van der Waals surface area contributed by atoms with Gasteiger partial charge in [-0.1, -0.05) is 116 Å². The summed E-state index contributed by atoms with van der Waals surface area (Å²) in [6.07, 6.45) is 27.0. The summed E-state index contributed by atoms with van der Waals surface area (Å²) in [7, 11) is 0. The van der Waals surface area contributed by atoms with Crippen LogP contribution in [0.1, 0.15) is 148 Å². The molecule has 2 fully saturated rings. The van der Waals surface area contributed by atoms with Crippen LogP contribution >= 0.6 is 0 Å². The lowest BCUT2D eigenvalue weighted by atomic mass is 10.0. The Kier molecular flexibility index (Phi) is 15.6. The van der Waals surface area contributed by atoms with E-state index in [-0.39, 0.29) is 17.9 Å². The molecule has 4 heteroatoms. The number of hydrogen-bond donors (Lipinski definition) is 0. The fourth-order valence-electron chi connectivity index (χ4n) is 5.65. The predicted molar refractivity (Wildman–Crippen MR) is 137 cm³/mol. The lowest BCUT2D eigenvalue weighted by Crippen LogP contribution is -2.41. The summed E-state index contributed by atoms with van der Waals surface area (Å²) in [5.41, 5.74) is 0. The lowest BCUT2D eigenvalue weighted by Gasteiger charge is -2.24. The molecule has 1 unspecified atom stereocenters. The maximum Gasteiger partial charge on any atom is 0.328 e. The van der Waals surface area contributed by atoms with Gasteiger partial charge in [0.1, 0.15) is 6.04 Å². The molecular formula is C29H53NO3. The van der Waals surface area contributed by atoms with Gasteiger partial charge in [0.25, 0.3) is 0 Å². The number of unbranched alkanes of at least 4 members (excludes halogenated alkanes) is 13. The molecule has 0 spiro atoms. The zero-order valence-corrected chi connectivity index (χ0v) is 21.8. The van der Waals surface area contributed by atoms with Crippen LogP contribution in [0.4, 0.5) is 0 Å². The molecule has 0 aromatic rings. The molecule has 0 bridgehead atoms. The quantitative estimate of drug-likeness (QED) is 0.144. The maximum absolute atomic E-state index is 12.6. The highest BCUT2D eigenvalue weighted by Crippen LogP contribution is 2.29. The van der Waals surface area contributed by atoms with E-state index in [2.05, 4.69) is 6.92 Å². The van der Waals surface area contributed by atoms with Crippen LogP contribution in [0.2, 0.25) is 0 Å². The van der Waals surface area contributed by atoms with Gasteiger partial charge in [0.2, 0.25) is 5.91 Å². The number of likely N-dealkylation sites (tertiary alicyclic amines) is 1. The normalized spacial score (nSPS) is 18.8. The lowest BCUT2D eigenvalue weighted by molar-refractivity contribution is -0.153. The highest BCUT2D eigenvalue weighted by Gasteiger charge is 2.35. The average molecular weight is 464 g/mol. The van der Waals surface area contributed by atoms with Gasteiger partial charge in [0.15, 0.2) is 0 Å². The molecule has 4 nitrogen and oxygen atoms in total. The number of carbonyl (C=O) groups excluding carboxylic acids is 2. The van der Waals surface area contributed by atoms with Crippen molar-refractivity contribution in [1.82, 2.24) is 4.90 Å². The van der Waals surface area contributed by atoms with Gasteiger partial charge in [0, 0.05) is 13.0 Å². The molecule has 192 valence electrons. The zero-order chi connectivity index (χ0) is 23.6. The van der Waals surface area contributed by atoms with Crippen molar-refractivity contribution in [1.29, 1.82) is 0 Å². The molecule has 0 aromatic heterocycles. The Morgan fingerprint density at radius 2 is 1.27 bits per heavy atom. The summed E-state index contributed by atoms with van der Waals surface area (Å²) in [6, 6.07) is -0.326. The molecule has 2 aliphatic rings. The van der Waals surface area contributed by atoms with Gasteiger partial charge in [-0.3, -0.25) is 4.79 Å². The predicted octanol–water partition coefficient (Wildman–Crippen LogP) is 7.97. The van der Waals surface area contributed by atoms with Gasteiger partial charge in [0.05, 0.1) is 6.61 Å². The van der Waals surface area contributed by atoms with Gasteiger partial charge in [-0.05, 0) is 31.6 Å². The Hall–Kier alpha value is -1.06. The van der Waals surface area contributed by atoms with E-state index in [1.165, 1.54) is 103 Å². The monoisotopic (exact) mass is 463 g/mol. The van der Waals surface area contributed by atoms with Gasteiger partial charge >= 0.3 is 5.97 Å². The maximum atomic E-state index is 12.6. The van der Waals surface area contributed by atoms with Crippen LogP contribution in [0.5, 0.6) is 0 Å². The van der Waals surface area contributed by atoms with Crippen molar-refractivity contribution >= 4 is 11.9 Å². The SMILES string of the molecule is CCCCCCCCCCCCCCCCOC(=O)C1CCCN1C(=O)CCC1CCCC1. The van der Waals surface area contributed by atoms with Crippen molar-refractivity contribution in [2.75, 3.05) is 13.2 Å². The van der Waals surface area contributed by atoms with Crippen molar-refractivity contribution in [3.05, 3.63) is 0 Å². The highest BCUT2D eigenvalue weighted by molar-refractivity contribution is 5.85. The highest BCUT2D eigenvalue weighted by atomic mass is 16.5. The van der Waals surface area contributed by atoms with E-state index in [1.54, 1.807) is 0 Å². The molecule has 0 radical (unpaired) electrons. The Morgan fingerprint density at radius 1 is 0.727 bits per heavy atom. The van der Waals surface area contributed by atoms with Gasteiger partial charge in [-0.25, -0.2) is 4.79 Å². The summed E-state index contributed by atoms with van der Waals surface area (Å²) >= 11 is 0. The van der Waals surface area contributed by atoms with Crippen molar-refractivity contribution < 1.29 is 14.3 Å². The molecule has 33 heavy (non-hydrogen) atoms. The minimum absolute atomic E-state index is 0.165. The first-order chi connectivity index (χ1) is 16.2. The molecule has 1 saturated carbocycles. The van der Waals surface area contributed by atoms with Gasteiger partial charge in [-0.15, -0.1) is 0 Å². The summed E-state index contributed by atoms with van der Waals surface area (Å²) < 4.78 is 5.56. The van der Waals surface area contributed by atoms with E-state index < -0.39 is 0 Å². The first-order valence-corrected chi connectivity index (χ1v) is 14.7. The molecule has 1 heterocycles. The summed E-state index contributed by atoms with van der Waals surface area (Å²) in [5.74, 6) is 0.719. The second kappa shape index (κ2) is 18.3. The number of rotatable bonds is 19. The Labute approximate surface area is 204 Å². The van der Waals surface area contributed by atoms with Crippen LogP contribution in [-0.2, 0) is 14.3 Å². The number of hydrogen-bond acceptors (Lipinski definition) is 3. The van der Waals surface area contributed by atoms with E-state index in [1.807, 2.05) is 4.90 Å². The first-order valence-electron chi connectivity index (χ1n) is 14.7. The number of esters is 1. The Morgan fingerprint density at radius 3 is 1.85 bits per heavy atom. The molecule has 1 saturated heterocycles. The number of carbonyl (C=O) groups is 2. The molecular weight excluding hydrogens is 410 g/mol. The van der Waals surface area contributed by atoms with Crippen molar-refractivity contribution in [3.8, 4) is 0 Å². The third-order valence-corrected chi connectivity index (χ3v) is 7.83. The fraction of sp³-hybridized carbons (Fsp3) is 0.931. The summed E-state index contributed by atoms with van der Waals surface area (Å²) in [4.78, 5) is 27.0. The van der Waals surface area contributed by atoms with Crippen LogP contribution in [-0.4, -0.2) is 36.0 Å². The summed E-state index contributed by atoms with van der Waals surface area (Å²) in [5, 5.41) is 0. The molecule has 2 rings (SSSR count). The standard InChI is InChI=1S/C29H53NO3/c1-2-3-4-5-6-7-8-9-10-11-12-13-14-17-25-33-29(32)27-21-18-24-30(27)28(31)23-22-26-19-15-16-20-26/h26-27H,2-25H2,1H3. The molecule has 1 atom stereocenters. The van der Waals surface area contributed by atoms with Gasteiger partial charge < -0.3 is 9.64 Å². The van der Waals surface area contributed by atoms with Crippen molar-refractivity contribution in [3.63, 3.8) is 0 Å². The number of nitrogens with zero attached hydrogens (tertiary/aromatic N) is 1. The molecule has 1 aliphatic heterocycles. The molecule has 0 aromatic carbocycles. The second-order valence-electron chi connectivity index (χ2n) is 10.7. The molecule has 0 N–H and O–H groups in total. The Balaban J connectivity index is 1.41. The van der Waals surface area contributed by atoms with E-state index in [0.717, 1.165) is 44.6 Å². The third kappa shape index (κ3) is 12.3. The summed E-state index contributed by atoms with van der Waals surface area (Å²) in [6.45, 7) is 3.51. The molecule has 1 amide bonds. The van der Waals surface area contributed by atoms with Crippen LogP contribution in [0.15, 0.2) is 0 Å². The number of ether oxygens (including phenoxy) is 1. The van der Waals surface area contributed by atoms with E-state index in [4.69, 9.17) is 4.74 Å². The minimum Gasteiger partial charge on any atom is -0.464 e. The Bertz CT molecular complexity index is 515.